The van der Waals surface area contributed by atoms with Crippen LogP contribution in [0, 0.1) is 6.92 Å². The molecule has 2 aromatic heterocycles. The van der Waals surface area contributed by atoms with Crippen LogP contribution in [0.25, 0.3) is 5.65 Å². The summed E-state index contributed by atoms with van der Waals surface area (Å²) in [4.78, 5) is 21.3. The molecule has 11 heteroatoms. The van der Waals surface area contributed by atoms with Gasteiger partial charge < -0.3 is 14.2 Å². The van der Waals surface area contributed by atoms with Crippen LogP contribution in [0.3, 0.4) is 0 Å². The van der Waals surface area contributed by atoms with Gasteiger partial charge in [0.05, 0.1) is 16.8 Å². The van der Waals surface area contributed by atoms with Gasteiger partial charge in [-0.3, -0.25) is 4.79 Å². The fourth-order valence-electron chi connectivity index (χ4n) is 5.08. The molecule has 0 spiro atoms. The molecular weight excluding hydrogens is 534 g/mol. The molecule has 0 bridgehead atoms. The molecule has 3 heterocycles. The number of anilines is 1. The van der Waals surface area contributed by atoms with E-state index in [2.05, 4.69) is 4.98 Å². The smallest absolute Gasteiger partial charge is 0.368 e. The van der Waals surface area contributed by atoms with E-state index in [0.29, 0.717) is 35.7 Å². The van der Waals surface area contributed by atoms with Crippen LogP contribution in [-0.2, 0) is 17.1 Å². The molecule has 2 aromatic carbocycles. The zero-order valence-corrected chi connectivity index (χ0v) is 21.5. The lowest BCUT2D eigenvalue weighted by molar-refractivity contribution is -0.138. The molecule has 1 aliphatic rings. The second-order valence-corrected chi connectivity index (χ2v) is 9.91. The van der Waals surface area contributed by atoms with Crippen molar-refractivity contribution in [3.63, 3.8) is 0 Å². The molecule has 1 fully saturated rings. The third-order valence-corrected chi connectivity index (χ3v) is 7.22. The quantitative estimate of drug-likeness (QED) is 0.260. The third kappa shape index (κ3) is 5.78. The molecule has 0 N–H and O–H groups in total. The average Bonchev–Trinajstić information content (AvgIpc) is 3.33. The van der Waals surface area contributed by atoms with Crippen molar-refractivity contribution in [1.82, 2.24) is 14.3 Å². The number of halogens is 6. The Morgan fingerprint density at radius 1 is 0.875 bits per heavy atom. The monoisotopic (exact) mass is 560 g/mol. The van der Waals surface area contributed by atoms with Crippen molar-refractivity contribution in [2.45, 2.75) is 31.6 Å². The zero-order chi connectivity index (χ0) is 28.7. The predicted octanol–water partition coefficient (Wildman–Crippen LogP) is 6.55. The van der Waals surface area contributed by atoms with Crippen molar-refractivity contribution < 1.29 is 31.1 Å². The summed E-state index contributed by atoms with van der Waals surface area (Å²) < 4.78 is 81.8. The highest BCUT2D eigenvalue weighted by Crippen LogP contribution is 2.36. The van der Waals surface area contributed by atoms with E-state index in [0.717, 1.165) is 29.8 Å². The molecule has 0 aliphatic carbocycles. The number of fused-ring (bicyclic) bond motifs is 1. The topological polar surface area (TPSA) is 40.9 Å². The van der Waals surface area contributed by atoms with E-state index >= 15 is 0 Å². The van der Waals surface area contributed by atoms with Crippen molar-refractivity contribution in [3.8, 4) is 0 Å². The summed E-state index contributed by atoms with van der Waals surface area (Å²) in [6, 6.07) is 13.7. The number of pyridine rings is 1. The van der Waals surface area contributed by atoms with Crippen molar-refractivity contribution in [2.24, 2.45) is 0 Å². The van der Waals surface area contributed by atoms with E-state index in [1.165, 1.54) is 12.1 Å². The lowest BCUT2D eigenvalue weighted by atomic mass is 9.90. The molecule has 1 aliphatic heterocycles. The number of aromatic nitrogens is 2. The van der Waals surface area contributed by atoms with Gasteiger partial charge in [0.2, 0.25) is 5.91 Å². The van der Waals surface area contributed by atoms with Gasteiger partial charge in [-0.2, -0.15) is 26.3 Å². The summed E-state index contributed by atoms with van der Waals surface area (Å²) >= 11 is 0. The average molecular weight is 561 g/mol. The molecule has 0 radical (unpaired) electrons. The van der Waals surface area contributed by atoms with E-state index < -0.39 is 29.4 Å². The molecule has 1 saturated heterocycles. The minimum atomic E-state index is -4.54. The van der Waals surface area contributed by atoms with Crippen LogP contribution in [0.2, 0.25) is 0 Å². The van der Waals surface area contributed by atoms with Gasteiger partial charge in [0.15, 0.2) is 0 Å². The highest BCUT2D eigenvalue weighted by Gasteiger charge is 2.34. The van der Waals surface area contributed by atoms with Gasteiger partial charge >= 0.3 is 12.4 Å². The number of rotatable bonds is 5. The molecule has 1 atom stereocenters. The molecule has 5 nitrogen and oxygen atoms in total. The molecule has 4 aromatic rings. The first kappa shape index (κ1) is 27.5. The Hall–Kier alpha value is -4.02. The van der Waals surface area contributed by atoms with Gasteiger partial charge in [-0.25, -0.2) is 4.98 Å². The van der Waals surface area contributed by atoms with Crippen LogP contribution >= 0.6 is 0 Å². The second kappa shape index (κ2) is 10.5. The highest BCUT2D eigenvalue weighted by atomic mass is 19.4. The molecule has 5 rings (SSSR count). The summed E-state index contributed by atoms with van der Waals surface area (Å²) in [6.07, 6.45) is -5.72. The van der Waals surface area contributed by atoms with Crippen molar-refractivity contribution >= 4 is 17.2 Å². The van der Waals surface area contributed by atoms with Crippen LogP contribution in [-0.4, -0.2) is 46.4 Å². The zero-order valence-electron chi connectivity index (χ0n) is 21.5. The van der Waals surface area contributed by atoms with E-state index in [9.17, 15) is 31.1 Å². The Labute approximate surface area is 226 Å². The maximum Gasteiger partial charge on any atom is 0.416 e. The Balaban J connectivity index is 1.38. The molecule has 40 heavy (non-hydrogen) atoms. The number of aryl methyl sites for hydroxylation is 1. The molecule has 1 unspecified atom stereocenters. The highest BCUT2D eigenvalue weighted by molar-refractivity contribution is 5.78. The number of benzene rings is 2. The predicted molar refractivity (Wildman–Crippen MR) is 138 cm³/mol. The SMILES string of the molecule is Cc1ccn2c(C(CC(=O)N3CCN(c4cccc(C(F)(F)F)c4)CC3)c3cccc(C(F)(F)F)c3)cnc2c1. The van der Waals surface area contributed by atoms with E-state index in [-0.39, 0.29) is 25.4 Å². The standard InChI is InChI=1S/C29H26F6N4O/c1-19-8-9-39-25(18-36-26(39)14-19)24(20-4-2-5-21(15-20)28(30,31)32)17-27(40)38-12-10-37(11-13-38)23-7-3-6-22(16-23)29(33,34)35/h2-9,14-16,18,24H,10-13,17H2,1H3. The Kier molecular flexibility index (Phi) is 7.24. The van der Waals surface area contributed by atoms with Gasteiger partial charge in [-0.1, -0.05) is 24.3 Å². The van der Waals surface area contributed by atoms with Crippen LogP contribution in [0.5, 0.6) is 0 Å². The third-order valence-electron chi connectivity index (χ3n) is 7.22. The summed E-state index contributed by atoms with van der Waals surface area (Å²) in [5.74, 6) is -0.956. The van der Waals surface area contributed by atoms with Crippen molar-refractivity contribution in [2.75, 3.05) is 31.1 Å². The van der Waals surface area contributed by atoms with Gasteiger partial charge in [-0.05, 0) is 54.4 Å². The lowest BCUT2D eigenvalue weighted by Gasteiger charge is -2.37. The molecule has 210 valence electrons. The number of amides is 1. The normalized spacial score (nSPS) is 15.5. The minimum Gasteiger partial charge on any atom is -0.368 e. The summed E-state index contributed by atoms with van der Waals surface area (Å²) in [5, 5.41) is 0. The van der Waals surface area contributed by atoms with Gasteiger partial charge in [0.1, 0.15) is 5.65 Å². The first-order chi connectivity index (χ1) is 18.9. The largest absolute Gasteiger partial charge is 0.416 e. The number of carbonyl (C=O) groups is 1. The van der Waals surface area contributed by atoms with E-state index in [1.54, 1.807) is 38.7 Å². The maximum absolute atomic E-state index is 13.5. The second-order valence-electron chi connectivity index (χ2n) is 9.91. The fourth-order valence-corrected chi connectivity index (χ4v) is 5.08. The van der Waals surface area contributed by atoms with Gasteiger partial charge in [0.25, 0.3) is 0 Å². The van der Waals surface area contributed by atoms with Crippen molar-refractivity contribution in [1.29, 1.82) is 0 Å². The Morgan fingerprint density at radius 3 is 2.20 bits per heavy atom. The maximum atomic E-state index is 13.5. The number of piperazine rings is 1. The molecule has 1 amide bonds. The Bertz CT molecular complexity index is 1520. The van der Waals surface area contributed by atoms with Crippen LogP contribution < -0.4 is 4.90 Å². The van der Waals surface area contributed by atoms with E-state index in [4.69, 9.17) is 0 Å². The van der Waals surface area contributed by atoms with Crippen LogP contribution in [0.15, 0.2) is 73.1 Å². The number of nitrogens with zero attached hydrogens (tertiary/aromatic N) is 4. The van der Waals surface area contributed by atoms with E-state index in [1.807, 2.05) is 19.1 Å². The van der Waals surface area contributed by atoms with Crippen LogP contribution in [0.1, 0.15) is 40.3 Å². The fraction of sp³-hybridized carbons (Fsp3) is 0.310. The summed E-state index contributed by atoms with van der Waals surface area (Å²) in [5.41, 5.74) is 1.39. The molecule has 0 saturated carbocycles. The minimum absolute atomic E-state index is 0.0907. The number of hydrogen-bond acceptors (Lipinski definition) is 3. The van der Waals surface area contributed by atoms with Crippen LogP contribution in [0.4, 0.5) is 32.0 Å². The summed E-state index contributed by atoms with van der Waals surface area (Å²) in [6.45, 7) is 3.11. The molecular formula is C29H26F6N4O. The summed E-state index contributed by atoms with van der Waals surface area (Å²) in [7, 11) is 0. The Morgan fingerprint density at radius 2 is 1.52 bits per heavy atom. The first-order valence-electron chi connectivity index (χ1n) is 12.7. The van der Waals surface area contributed by atoms with Gasteiger partial charge in [-0.15, -0.1) is 0 Å². The lowest BCUT2D eigenvalue weighted by Crippen LogP contribution is -2.49. The first-order valence-corrected chi connectivity index (χ1v) is 12.7. The number of hydrogen-bond donors (Lipinski definition) is 0. The number of carbonyl (C=O) groups excluding carboxylic acids is 1. The van der Waals surface area contributed by atoms with Crippen molar-refractivity contribution in [3.05, 3.63) is 101 Å². The number of alkyl halides is 6. The van der Waals surface area contributed by atoms with Gasteiger partial charge in [0, 0.05) is 56.6 Å². The number of imidazole rings is 1.